The lowest BCUT2D eigenvalue weighted by molar-refractivity contribution is 0.775. The van der Waals surface area contributed by atoms with Gasteiger partial charge in [-0.3, -0.25) is 0 Å². The number of aromatic nitrogens is 2. The zero-order chi connectivity index (χ0) is 12.8. The van der Waals surface area contributed by atoms with Gasteiger partial charge in [0.05, 0.1) is 12.5 Å². The Morgan fingerprint density at radius 1 is 1.56 bits per heavy atom. The second-order valence-corrected chi connectivity index (χ2v) is 4.50. The van der Waals surface area contributed by atoms with Crippen molar-refractivity contribution in [2.24, 2.45) is 0 Å². The predicted octanol–water partition coefficient (Wildman–Crippen LogP) is 2.18. The molecule has 5 nitrogen and oxygen atoms in total. The van der Waals surface area contributed by atoms with Crippen molar-refractivity contribution in [2.45, 2.75) is 38.6 Å². The molecule has 0 atom stereocenters. The van der Waals surface area contributed by atoms with Crippen molar-refractivity contribution in [3.63, 3.8) is 0 Å². The van der Waals surface area contributed by atoms with E-state index in [-0.39, 0.29) is 0 Å². The lowest BCUT2D eigenvalue weighted by atomic mass is 10.3. The van der Waals surface area contributed by atoms with Crippen LogP contribution in [0.4, 0.5) is 11.8 Å². The smallest absolute Gasteiger partial charge is 0.224 e. The number of rotatable bonds is 7. The van der Waals surface area contributed by atoms with Crippen molar-refractivity contribution >= 4 is 11.8 Å². The summed E-state index contributed by atoms with van der Waals surface area (Å²) < 4.78 is 0. The van der Waals surface area contributed by atoms with E-state index in [2.05, 4.69) is 33.2 Å². The average molecular weight is 245 g/mol. The monoisotopic (exact) mass is 245 g/mol. The molecule has 96 valence electrons. The molecule has 18 heavy (non-hydrogen) atoms. The molecule has 2 rings (SSSR count). The molecule has 0 radical (unpaired) electrons. The summed E-state index contributed by atoms with van der Waals surface area (Å²) in [5.74, 6) is 1.61. The van der Waals surface area contributed by atoms with E-state index in [4.69, 9.17) is 5.26 Å². The maximum Gasteiger partial charge on any atom is 0.224 e. The Labute approximate surface area is 108 Å². The highest BCUT2D eigenvalue weighted by molar-refractivity contribution is 5.44. The number of anilines is 2. The van der Waals surface area contributed by atoms with Gasteiger partial charge in [-0.25, -0.2) is 4.98 Å². The van der Waals surface area contributed by atoms with Gasteiger partial charge in [-0.1, -0.05) is 6.92 Å². The second kappa shape index (κ2) is 6.20. The quantitative estimate of drug-likeness (QED) is 0.797. The highest BCUT2D eigenvalue weighted by atomic mass is 15.3. The van der Waals surface area contributed by atoms with Gasteiger partial charge in [0.2, 0.25) is 5.95 Å². The summed E-state index contributed by atoms with van der Waals surface area (Å²) in [6.45, 7) is 3.75. The summed E-state index contributed by atoms with van der Waals surface area (Å²) in [4.78, 5) is 10.9. The molecule has 0 bridgehead atoms. The summed E-state index contributed by atoms with van der Waals surface area (Å²) in [6, 6.07) is 4.68. The van der Waals surface area contributed by atoms with Gasteiger partial charge in [-0.05, 0) is 25.3 Å². The Kier molecular flexibility index (Phi) is 4.35. The largest absolute Gasteiger partial charge is 0.354 e. The molecule has 0 aliphatic heterocycles. The highest BCUT2D eigenvalue weighted by Crippen LogP contribution is 2.30. The van der Waals surface area contributed by atoms with E-state index < -0.39 is 0 Å². The molecule has 0 unspecified atom stereocenters. The molecule has 1 aliphatic carbocycles. The van der Waals surface area contributed by atoms with E-state index in [1.807, 2.05) is 6.07 Å². The fourth-order valence-electron chi connectivity index (χ4n) is 1.87. The van der Waals surface area contributed by atoms with Gasteiger partial charge < -0.3 is 10.2 Å². The molecule has 0 amide bonds. The zero-order valence-electron chi connectivity index (χ0n) is 10.8. The van der Waals surface area contributed by atoms with Crippen LogP contribution in [0.2, 0.25) is 0 Å². The van der Waals surface area contributed by atoms with Crippen molar-refractivity contribution in [3.05, 3.63) is 12.3 Å². The number of nitriles is 1. The van der Waals surface area contributed by atoms with E-state index >= 15 is 0 Å². The first kappa shape index (κ1) is 12.6. The molecule has 0 aromatic carbocycles. The predicted molar refractivity (Wildman–Crippen MR) is 71.4 cm³/mol. The lowest BCUT2D eigenvalue weighted by Crippen LogP contribution is -2.27. The van der Waals surface area contributed by atoms with Crippen LogP contribution >= 0.6 is 0 Å². The van der Waals surface area contributed by atoms with Crippen molar-refractivity contribution in [1.29, 1.82) is 5.26 Å². The molecule has 1 N–H and O–H groups in total. The molecular weight excluding hydrogens is 226 g/mol. The topological polar surface area (TPSA) is 64.8 Å². The van der Waals surface area contributed by atoms with Crippen molar-refractivity contribution in [3.8, 4) is 6.07 Å². The lowest BCUT2D eigenvalue weighted by Gasteiger charge is -2.22. The van der Waals surface area contributed by atoms with E-state index in [9.17, 15) is 0 Å². The third-order valence-corrected chi connectivity index (χ3v) is 2.92. The van der Waals surface area contributed by atoms with Crippen LogP contribution in [-0.2, 0) is 0 Å². The summed E-state index contributed by atoms with van der Waals surface area (Å²) in [5, 5.41) is 11.9. The van der Waals surface area contributed by atoms with Gasteiger partial charge in [0.25, 0.3) is 0 Å². The van der Waals surface area contributed by atoms with Gasteiger partial charge in [-0.2, -0.15) is 10.2 Å². The number of hydrogen-bond donors (Lipinski definition) is 1. The average Bonchev–Trinajstić information content (AvgIpc) is 3.22. The fourth-order valence-corrected chi connectivity index (χ4v) is 1.87. The maximum atomic E-state index is 8.71. The maximum absolute atomic E-state index is 8.71. The van der Waals surface area contributed by atoms with Crippen molar-refractivity contribution in [1.82, 2.24) is 9.97 Å². The Morgan fingerprint density at radius 2 is 2.39 bits per heavy atom. The first-order chi connectivity index (χ1) is 8.85. The van der Waals surface area contributed by atoms with Crippen LogP contribution in [-0.4, -0.2) is 29.1 Å². The Morgan fingerprint density at radius 3 is 3.06 bits per heavy atom. The van der Waals surface area contributed by atoms with Crippen LogP contribution in [0.3, 0.4) is 0 Å². The third kappa shape index (κ3) is 3.33. The molecular formula is C13H19N5. The number of nitrogens with zero attached hydrogens (tertiary/aromatic N) is 4. The minimum atomic E-state index is 0.540. The van der Waals surface area contributed by atoms with E-state index in [0.29, 0.717) is 18.4 Å². The Balaban J connectivity index is 2.06. The molecule has 1 heterocycles. The Bertz CT molecular complexity index is 422. The normalized spacial score (nSPS) is 14.0. The van der Waals surface area contributed by atoms with E-state index in [1.165, 1.54) is 12.8 Å². The van der Waals surface area contributed by atoms with Crippen LogP contribution in [0.5, 0.6) is 0 Å². The summed E-state index contributed by atoms with van der Waals surface area (Å²) in [7, 11) is 0. The highest BCUT2D eigenvalue weighted by Gasteiger charge is 2.29. The third-order valence-electron chi connectivity index (χ3n) is 2.92. The molecule has 1 aliphatic rings. The molecule has 1 aromatic rings. The van der Waals surface area contributed by atoms with Crippen molar-refractivity contribution < 1.29 is 0 Å². The fraction of sp³-hybridized carbons (Fsp3) is 0.615. The van der Waals surface area contributed by atoms with Gasteiger partial charge in [-0.15, -0.1) is 0 Å². The van der Waals surface area contributed by atoms with Crippen molar-refractivity contribution in [2.75, 3.05) is 23.3 Å². The van der Waals surface area contributed by atoms with E-state index in [1.54, 1.807) is 6.20 Å². The second-order valence-electron chi connectivity index (χ2n) is 4.50. The van der Waals surface area contributed by atoms with Crippen LogP contribution < -0.4 is 10.2 Å². The number of nitrogens with one attached hydrogen (secondary N) is 1. The van der Waals surface area contributed by atoms with Gasteiger partial charge in [0.1, 0.15) is 5.82 Å². The molecule has 1 aromatic heterocycles. The van der Waals surface area contributed by atoms with Gasteiger partial charge >= 0.3 is 0 Å². The molecule has 1 fully saturated rings. The van der Waals surface area contributed by atoms with Crippen LogP contribution in [0.1, 0.15) is 32.6 Å². The first-order valence-corrected chi connectivity index (χ1v) is 6.55. The minimum absolute atomic E-state index is 0.540. The molecule has 0 spiro atoms. The standard InChI is InChI=1S/C13H19N5/c1-2-8-15-13-16-9-6-12(17-13)18(10-3-7-14)11-4-5-11/h6,9,11H,2-5,8,10H2,1H3,(H,15,16,17). The summed E-state index contributed by atoms with van der Waals surface area (Å²) >= 11 is 0. The van der Waals surface area contributed by atoms with Gasteiger partial charge in [0, 0.05) is 25.3 Å². The van der Waals surface area contributed by atoms with Crippen LogP contribution in [0.25, 0.3) is 0 Å². The van der Waals surface area contributed by atoms with E-state index in [0.717, 1.165) is 25.3 Å². The van der Waals surface area contributed by atoms with Crippen LogP contribution in [0, 0.1) is 11.3 Å². The van der Waals surface area contributed by atoms with Gasteiger partial charge in [0.15, 0.2) is 0 Å². The number of hydrogen-bond acceptors (Lipinski definition) is 5. The minimum Gasteiger partial charge on any atom is -0.354 e. The molecule has 0 saturated heterocycles. The summed E-state index contributed by atoms with van der Waals surface area (Å²) in [5.41, 5.74) is 0. The first-order valence-electron chi connectivity index (χ1n) is 6.55. The zero-order valence-corrected chi connectivity index (χ0v) is 10.8. The Hall–Kier alpha value is -1.83. The van der Waals surface area contributed by atoms with Crippen LogP contribution in [0.15, 0.2) is 12.3 Å². The molecule has 1 saturated carbocycles. The summed E-state index contributed by atoms with van der Waals surface area (Å²) in [6.07, 6.45) is 5.77. The molecule has 5 heteroatoms. The SMILES string of the molecule is CCCNc1nccc(N(CCC#N)C2CC2)n1.